The SMILES string of the molecule is CC(C)(C)c1ccc2c(c1)nc(-c1cccc(-n3c4ccccc4c4cc(-c5cccc6c5sc5ccccc56)ccc43)c1)n2-c1ccccc1. The summed E-state index contributed by atoms with van der Waals surface area (Å²) in [5.41, 5.74) is 11.6. The fraction of sp³-hybridized carbons (Fsp3) is 0.0851. The van der Waals surface area contributed by atoms with Gasteiger partial charge in [0.15, 0.2) is 0 Å². The van der Waals surface area contributed by atoms with Crippen molar-refractivity contribution in [2.24, 2.45) is 0 Å². The molecule has 4 heteroatoms. The molecule has 51 heavy (non-hydrogen) atoms. The smallest absolute Gasteiger partial charge is 0.145 e. The van der Waals surface area contributed by atoms with Crippen LogP contribution in [0.4, 0.5) is 0 Å². The molecule has 0 fully saturated rings. The Morgan fingerprint density at radius 1 is 0.490 bits per heavy atom. The standard InChI is InChI=1S/C47H35N3S/c1-47(2,3)32-24-26-43-40(29-32)48-46(50(43)33-14-5-4-6-15-33)31-13-11-16-34(27-31)49-41-21-9-7-17-36(41)39-28-30(23-25-42(39)49)35-19-12-20-38-37-18-8-10-22-44(37)51-45(35)38/h4-29H,1-3H3. The van der Waals surface area contributed by atoms with Gasteiger partial charge in [-0.3, -0.25) is 4.57 Å². The molecule has 0 amide bonds. The van der Waals surface area contributed by atoms with Crippen LogP contribution in [0.25, 0.3) is 86.9 Å². The highest BCUT2D eigenvalue weighted by Crippen LogP contribution is 2.42. The van der Waals surface area contributed by atoms with Gasteiger partial charge in [0, 0.05) is 47.9 Å². The summed E-state index contributed by atoms with van der Waals surface area (Å²) in [4.78, 5) is 5.32. The molecule has 0 unspecified atom stereocenters. The van der Waals surface area contributed by atoms with Crippen LogP contribution in [-0.4, -0.2) is 14.1 Å². The number of para-hydroxylation sites is 2. The number of rotatable bonds is 4. The van der Waals surface area contributed by atoms with Crippen molar-refractivity contribution in [3.8, 4) is 33.9 Å². The average Bonchev–Trinajstić information content (AvgIpc) is 3.84. The third-order valence-corrected chi connectivity index (χ3v) is 11.5. The Morgan fingerprint density at radius 3 is 2.06 bits per heavy atom. The second kappa shape index (κ2) is 11.3. The third-order valence-electron chi connectivity index (χ3n) is 10.3. The molecule has 0 N–H and O–H groups in total. The summed E-state index contributed by atoms with van der Waals surface area (Å²) < 4.78 is 7.37. The first-order valence-corrected chi connectivity index (χ1v) is 18.4. The zero-order valence-electron chi connectivity index (χ0n) is 28.8. The van der Waals surface area contributed by atoms with E-state index >= 15 is 0 Å². The zero-order valence-corrected chi connectivity index (χ0v) is 29.6. The van der Waals surface area contributed by atoms with Crippen molar-refractivity contribution < 1.29 is 0 Å². The average molecular weight is 674 g/mol. The van der Waals surface area contributed by atoms with E-state index in [9.17, 15) is 0 Å². The van der Waals surface area contributed by atoms with Gasteiger partial charge >= 0.3 is 0 Å². The normalized spacial score (nSPS) is 12.2. The van der Waals surface area contributed by atoms with Gasteiger partial charge in [-0.05, 0) is 82.8 Å². The van der Waals surface area contributed by atoms with Gasteiger partial charge < -0.3 is 4.57 Å². The zero-order chi connectivity index (χ0) is 34.3. The lowest BCUT2D eigenvalue weighted by atomic mass is 9.87. The van der Waals surface area contributed by atoms with Gasteiger partial charge in [0.25, 0.3) is 0 Å². The lowest BCUT2D eigenvalue weighted by molar-refractivity contribution is 0.591. The number of thiophene rings is 1. The molecule has 0 spiro atoms. The molecule has 0 saturated carbocycles. The van der Waals surface area contributed by atoms with Gasteiger partial charge in [-0.2, -0.15) is 0 Å². The van der Waals surface area contributed by atoms with Gasteiger partial charge in [0.1, 0.15) is 5.82 Å². The lowest BCUT2D eigenvalue weighted by Crippen LogP contribution is -2.10. The molecular weight excluding hydrogens is 639 g/mol. The molecule has 3 nitrogen and oxygen atoms in total. The van der Waals surface area contributed by atoms with Crippen molar-refractivity contribution in [3.63, 3.8) is 0 Å². The molecule has 3 heterocycles. The van der Waals surface area contributed by atoms with E-state index in [2.05, 4.69) is 188 Å². The van der Waals surface area contributed by atoms with Crippen LogP contribution in [-0.2, 0) is 5.41 Å². The molecular formula is C47H35N3S. The highest BCUT2D eigenvalue weighted by molar-refractivity contribution is 7.26. The number of hydrogen-bond donors (Lipinski definition) is 0. The molecule has 7 aromatic carbocycles. The van der Waals surface area contributed by atoms with Gasteiger partial charge in [0.05, 0.1) is 22.1 Å². The number of nitrogens with zero attached hydrogens (tertiary/aromatic N) is 3. The summed E-state index contributed by atoms with van der Waals surface area (Å²) in [5, 5.41) is 5.14. The second-order valence-corrected chi connectivity index (χ2v) is 15.5. The van der Waals surface area contributed by atoms with Crippen molar-refractivity contribution in [2.75, 3.05) is 0 Å². The van der Waals surface area contributed by atoms with E-state index in [0.29, 0.717) is 0 Å². The first-order valence-electron chi connectivity index (χ1n) is 17.6. The molecule has 0 aliphatic heterocycles. The maximum absolute atomic E-state index is 5.32. The fourth-order valence-electron chi connectivity index (χ4n) is 7.76. The Morgan fingerprint density at radius 2 is 1.20 bits per heavy atom. The Balaban J connectivity index is 1.16. The van der Waals surface area contributed by atoms with Gasteiger partial charge in [-0.15, -0.1) is 11.3 Å². The van der Waals surface area contributed by atoms with Crippen molar-refractivity contribution in [3.05, 3.63) is 163 Å². The molecule has 0 saturated heterocycles. The molecule has 0 radical (unpaired) electrons. The Kier molecular flexibility index (Phi) is 6.61. The van der Waals surface area contributed by atoms with Crippen molar-refractivity contribution in [1.82, 2.24) is 14.1 Å². The molecule has 244 valence electrons. The van der Waals surface area contributed by atoms with Gasteiger partial charge in [-0.25, -0.2) is 4.98 Å². The van der Waals surface area contributed by atoms with Crippen LogP contribution in [0.1, 0.15) is 26.3 Å². The molecule has 0 aliphatic rings. The van der Waals surface area contributed by atoms with E-state index in [0.717, 1.165) is 33.8 Å². The van der Waals surface area contributed by atoms with E-state index in [-0.39, 0.29) is 5.41 Å². The molecule has 0 aliphatic carbocycles. The minimum Gasteiger partial charge on any atom is -0.309 e. The maximum atomic E-state index is 5.32. The number of benzene rings is 7. The van der Waals surface area contributed by atoms with Gasteiger partial charge in [-0.1, -0.05) is 118 Å². The Bertz CT molecular complexity index is 2950. The predicted molar refractivity (Wildman–Crippen MR) is 218 cm³/mol. The van der Waals surface area contributed by atoms with Crippen LogP contribution in [0.2, 0.25) is 0 Å². The summed E-state index contributed by atoms with van der Waals surface area (Å²) >= 11 is 1.88. The summed E-state index contributed by atoms with van der Waals surface area (Å²) in [5.74, 6) is 0.934. The number of hydrogen-bond acceptors (Lipinski definition) is 2. The molecule has 0 atom stereocenters. The van der Waals surface area contributed by atoms with Crippen LogP contribution >= 0.6 is 11.3 Å². The third kappa shape index (κ3) is 4.75. The predicted octanol–water partition coefficient (Wildman–Crippen LogP) is 13.1. The maximum Gasteiger partial charge on any atom is 0.145 e. The van der Waals surface area contributed by atoms with Crippen LogP contribution in [0.3, 0.4) is 0 Å². The van der Waals surface area contributed by atoms with E-state index in [1.165, 1.54) is 58.7 Å². The Labute approximate surface area is 300 Å². The number of imidazole rings is 1. The monoisotopic (exact) mass is 673 g/mol. The fourth-order valence-corrected chi connectivity index (χ4v) is 8.99. The summed E-state index contributed by atoms with van der Waals surface area (Å²) in [6, 6.07) is 57.4. The van der Waals surface area contributed by atoms with Gasteiger partial charge in [0.2, 0.25) is 0 Å². The minimum atomic E-state index is 0.0333. The van der Waals surface area contributed by atoms with Crippen molar-refractivity contribution in [2.45, 2.75) is 26.2 Å². The quantitative estimate of drug-likeness (QED) is 0.182. The lowest BCUT2D eigenvalue weighted by Gasteiger charge is -2.18. The molecule has 10 aromatic rings. The highest BCUT2D eigenvalue weighted by atomic mass is 32.1. The minimum absolute atomic E-state index is 0.0333. The van der Waals surface area contributed by atoms with Crippen molar-refractivity contribution in [1.29, 1.82) is 0 Å². The van der Waals surface area contributed by atoms with Crippen molar-refractivity contribution >= 4 is 64.3 Å². The highest BCUT2D eigenvalue weighted by Gasteiger charge is 2.20. The topological polar surface area (TPSA) is 22.8 Å². The van der Waals surface area contributed by atoms with E-state index in [1.54, 1.807) is 0 Å². The number of aromatic nitrogens is 3. The number of fused-ring (bicyclic) bond motifs is 7. The van der Waals surface area contributed by atoms with Crippen LogP contribution < -0.4 is 0 Å². The second-order valence-electron chi connectivity index (χ2n) is 14.5. The van der Waals surface area contributed by atoms with E-state index in [1.807, 2.05) is 11.3 Å². The van der Waals surface area contributed by atoms with Crippen LogP contribution in [0.15, 0.2) is 158 Å². The van der Waals surface area contributed by atoms with Crippen LogP contribution in [0.5, 0.6) is 0 Å². The first kappa shape index (κ1) is 29.9. The first-order chi connectivity index (χ1) is 24.9. The van der Waals surface area contributed by atoms with E-state index < -0.39 is 0 Å². The largest absolute Gasteiger partial charge is 0.309 e. The summed E-state index contributed by atoms with van der Waals surface area (Å²) in [6.07, 6.45) is 0. The molecule has 10 rings (SSSR count). The summed E-state index contributed by atoms with van der Waals surface area (Å²) in [7, 11) is 0. The molecule has 0 bridgehead atoms. The summed E-state index contributed by atoms with van der Waals surface area (Å²) in [6.45, 7) is 6.77. The van der Waals surface area contributed by atoms with Crippen LogP contribution in [0, 0.1) is 0 Å². The van der Waals surface area contributed by atoms with E-state index in [4.69, 9.17) is 4.98 Å². The Hall–Kier alpha value is -5.97. The molecule has 3 aromatic heterocycles.